The largest absolute Gasteiger partial charge is 0.497 e. The van der Waals surface area contributed by atoms with Gasteiger partial charge in [0.1, 0.15) is 11.4 Å². The fourth-order valence-electron chi connectivity index (χ4n) is 1.74. The van der Waals surface area contributed by atoms with Gasteiger partial charge in [-0.1, -0.05) is 12.1 Å². The minimum Gasteiger partial charge on any atom is -0.497 e. The van der Waals surface area contributed by atoms with E-state index >= 15 is 0 Å². The Morgan fingerprint density at radius 3 is 2.47 bits per heavy atom. The van der Waals surface area contributed by atoms with E-state index in [-0.39, 0.29) is 12.7 Å². The molecule has 2 rings (SSSR count). The molecule has 1 aromatic carbocycles. The van der Waals surface area contributed by atoms with E-state index in [0.29, 0.717) is 13.2 Å². The van der Waals surface area contributed by atoms with Crippen molar-refractivity contribution in [3.63, 3.8) is 0 Å². The van der Waals surface area contributed by atoms with Gasteiger partial charge in [-0.25, -0.2) is 0 Å². The van der Waals surface area contributed by atoms with Crippen LogP contribution in [0.3, 0.4) is 0 Å². The molecule has 0 bridgehead atoms. The van der Waals surface area contributed by atoms with Gasteiger partial charge < -0.3 is 19.3 Å². The first kappa shape index (κ1) is 12.4. The fourth-order valence-corrected chi connectivity index (χ4v) is 1.74. The molecule has 0 unspecified atom stereocenters. The van der Waals surface area contributed by atoms with E-state index in [1.807, 2.05) is 31.2 Å². The number of methoxy groups -OCH3 is 1. The monoisotopic (exact) mass is 238 g/mol. The molecule has 4 nitrogen and oxygen atoms in total. The van der Waals surface area contributed by atoms with Crippen LogP contribution in [0.15, 0.2) is 24.3 Å². The minimum atomic E-state index is -0.466. The lowest BCUT2D eigenvalue weighted by Gasteiger charge is -2.10. The van der Waals surface area contributed by atoms with Crippen LogP contribution in [0, 0.1) is 0 Å². The maximum atomic E-state index is 9.17. The van der Waals surface area contributed by atoms with E-state index in [2.05, 4.69) is 0 Å². The summed E-state index contributed by atoms with van der Waals surface area (Å²) in [5.74, 6) is 0.833. The van der Waals surface area contributed by atoms with Crippen LogP contribution in [-0.2, 0) is 16.1 Å². The zero-order valence-corrected chi connectivity index (χ0v) is 10.2. The third-order valence-electron chi connectivity index (χ3n) is 3.14. The molecular formula is C13H18O4. The number of benzene rings is 1. The summed E-state index contributed by atoms with van der Waals surface area (Å²) in [7, 11) is 1.64. The molecule has 0 saturated carbocycles. The average molecular weight is 238 g/mol. The van der Waals surface area contributed by atoms with Crippen molar-refractivity contribution in [3.05, 3.63) is 29.8 Å². The molecule has 94 valence electrons. The first-order valence-corrected chi connectivity index (χ1v) is 5.69. The summed E-state index contributed by atoms with van der Waals surface area (Å²) in [4.78, 5) is 0. The van der Waals surface area contributed by atoms with Gasteiger partial charge in [-0.2, -0.15) is 0 Å². The van der Waals surface area contributed by atoms with E-state index in [1.54, 1.807) is 7.11 Å². The minimum absolute atomic E-state index is 0.0107. The predicted molar refractivity (Wildman–Crippen MR) is 63.0 cm³/mol. The number of aliphatic hydroxyl groups excluding tert-OH is 1. The Kier molecular flexibility index (Phi) is 3.66. The highest BCUT2D eigenvalue weighted by atomic mass is 16.6. The van der Waals surface area contributed by atoms with Crippen molar-refractivity contribution in [1.29, 1.82) is 0 Å². The summed E-state index contributed by atoms with van der Waals surface area (Å²) in [5.41, 5.74) is 0.610. The molecule has 1 heterocycles. The van der Waals surface area contributed by atoms with Crippen molar-refractivity contribution in [1.82, 2.24) is 0 Å². The average Bonchev–Trinajstić information content (AvgIpc) is 3.01. The molecular weight excluding hydrogens is 220 g/mol. The second kappa shape index (κ2) is 5.04. The van der Waals surface area contributed by atoms with Crippen LogP contribution >= 0.6 is 0 Å². The van der Waals surface area contributed by atoms with E-state index in [0.717, 1.165) is 11.3 Å². The summed E-state index contributed by atoms with van der Waals surface area (Å²) >= 11 is 0. The molecule has 0 radical (unpaired) electrons. The highest BCUT2D eigenvalue weighted by Gasteiger charge is 2.53. The maximum Gasteiger partial charge on any atom is 0.140 e. The number of rotatable bonds is 6. The van der Waals surface area contributed by atoms with E-state index < -0.39 is 5.60 Å². The highest BCUT2D eigenvalue weighted by molar-refractivity contribution is 5.26. The quantitative estimate of drug-likeness (QED) is 0.760. The third-order valence-corrected chi connectivity index (χ3v) is 3.14. The van der Waals surface area contributed by atoms with Gasteiger partial charge in [-0.05, 0) is 24.6 Å². The highest BCUT2D eigenvalue weighted by Crippen LogP contribution is 2.35. The first-order valence-electron chi connectivity index (χ1n) is 5.69. The molecule has 1 saturated heterocycles. The van der Waals surface area contributed by atoms with Crippen molar-refractivity contribution >= 4 is 0 Å². The molecule has 17 heavy (non-hydrogen) atoms. The van der Waals surface area contributed by atoms with Gasteiger partial charge in [0, 0.05) is 0 Å². The molecule has 1 N–H and O–H groups in total. The van der Waals surface area contributed by atoms with Gasteiger partial charge >= 0.3 is 0 Å². The summed E-state index contributed by atoms with van der Waals surface area (Å²) in [6.45, 7) is 2.89. The Balaban J connectivity index is 1.78. The van der Waals surface area contributed by atoms with Crippen LogP contribution in [0.2, 0.25) is 0 Å². The molecule has 0 amide bonds. The van der Waals surface area contributed by atoms with Gasteiger partial charge in [0.2, 0.25) is 0 Å². The van der Waals surface area contributed by atoms with Crippen molar-refractivity contribution in [3.8, 4) is 5.75 Å². The molecule has 0 aromatic heterocycles. The molecule has 1 fully saturated rings. The maximum absolute atomic E-state index is 9.17. The molecule has 1 aliphatic heterocycles. The van der Waals surface area contributed by atoms with Crippen LogP contribution in [0.4, 0.5) is 0 Å². The SMILES string of the molecule is COc1ccc(COC[C@@]2(CO)O[C@H]2C)cc1. The van der Waals surface area contributed by atoms with Crippen molar-refractivity contribution in [2.24, 2.45) is 0 Å². The van der Waals surface area contributed by atoms with E-state index in [1.165, 1.54) is 0 Å². The van der Waals surface area contributed by atoms with Crippen molar-refractivity contribution < 1.29 is 19.3 Å². The second-order valence-electron chi connectivity index (χ2n) is 4.32. The molecule has 1 aromatic rings. The zero-order chi connectivity index (χ0) is 12.3. The van der Waals surface area contributed by atoms with Gasteiger partial charge in [-0.3, -0.25) is 0 Å². The molecule has 4 heteroatoms. The fraction of sp³-hybridized carbons (Fsp3) is 0.538. The molecule has 1 aliphatic rings. The van der Waals surface area contributed by atoms with Crippen LogP contribution in [0.25, 0.3) is 0 Å². The Morgan fingerprint density at radius 1 is 1.35 bits per heavy atom. The zero-order valence-electron chi connectivity index (χ0n) is 10.2. The van der Waals surface area contributed by atoms with Gasteiger partial charge in [0.05, 0.1) is 33.0 Å². The predicted octanol–water partition coefficient (Wildman–Crippen LogP) is 1.36. The standard InChI is InChI=1S/C13H18O4/c1-10-13(8-14,17-10)9-16-7-11-3-5-12(15-2)6-4-11/h3-6,10,14H,7-9H2,1-2H3/t10-,13+/m0/s1. The Morgan fingerprint density at radius 2 is 2.00 bits per heavy atom. The lowest BCUT2D eigenvalue weighted by molar-refractivity contribution is 0.0411. The number of aliphatic hydroxyl groups is 1. The lowest BCUT2D eigenvalue weighted by Crippen LogP contribution is -2.26. The number of epoxide rings is 1. The Hall–Kier alpha value is -1.10. The summed E-state index contributed by atoms with van der Waals surface area (Å²) in [6.07, 6.45) is 0.0865. The lowest BCUT2D eigenvalue weighted by atomic mass is 10.1. The number of hydrogen-bond acceptors (Lipinski definition) is 4. The second-order valence-corrected chi connectivity index (χ2v) is 4.32. The number of ether oxygens (including phenoxy) is 3. The van der Waals surface area contributed by atoms with Crippen LogP contribution in [0.5, 0.6) is 5.75 Å². The topological polar surface area (TPSA) is 51.2 Å². The van der Waals surface area contributed by atoms with E-state index in [4.69, 9.17) is 14.2 Å². The van der Waals surface area contributed by atoms with Crippen molar-refractivity contribution in [2.45, 2.75) is 25.2 Å². The van der Waals surface area contributed by atoms with Crippen molar-refractivity contribution in [2.75, 3.05) is 20.3 Å². The van der Waals surface area contributed by atoms with E-state index in [9.17, 15) is 5.11 Å². The first-order chi connectivity index (χ1) is 8.20. The van der Waals surface area contributed by atoms with Crippen LogP contribution in [-0.4, -0.2) is 37.1 Å². The van der Waals surface area contributed by atoms with Crippen LogP contribution in [0.1, 0.15) is 12.5 Å². The summed E-state index contributed by atoms with van der Waals surface area (Å²) in [5, 5.41) is 9.17. The van der Waals surface area contributed by atoms with Gasteiger partial charge in [0.15, 0.2) is 0 Å². The third kappa shape index (κ3) is 2.77. The molecule has 0 aliphatic carbocycles. The Bertz CT molecular complexity index is 358. The molecule has 2 atom stereocenters. The van der Waals surface area contributed by atoms with Crippen LogP contribution < -0.4 is 4.74 Å². The molecule has 0 spiro atoms. The van der Waals surface area contributed by atoms with Gasteiger partial charge in [0.25, 0.3) is 0 Å². The summed E-state index contributed by atoms with van der Waals surface area (Å²) < 4.78 is 16.0. The Labute approximate surface area is 101 Å². The summed E-state index contributed by atoms with van der Waals surface area (Å²) in [6, 6.07) is 7.72. The normalized spacial score (nSPS) is 26.9. The smallest absolute Gasteiger partial charge is 0.140 e. The number of hydrogen-bond donors (Lipinski definition) is 1. The van der Waals surface area contributed by atoms with Gasteiger partial charge in [-0.15, -0.1) is 0 Å².